The Kier molecular flexibility index (Phi) is 6.67. The minimum atomic E-state index is -0.352. The molecule has 0 saturated carbocycles. The Morgan fingerprint density at radius 3 is 2.55 bits per heavy atom. The maximum Gasteiger partial charge on any atom is 0.264 e. The van der Waals surface area contributed by atoms with Crippen LogP contribution < -0.4 is 5.32 Å². The van der Waals surface area contributed by atoms with Gasteiger partial charge in [-0.2, -0.15) is 0 Å². The number of piperidine rings is 1. The van der Waals surface area contributed by atoms with Gasteiger partial charge in [0.1, 0.15) is 6.04 Å². The summed E-state index contributed by atoms with van der Waals surface area (Å²) in [4.78, 5) is 32.1. The maximum absolute atomic E-state index is 13.0. The van der Waals surface area contributed by atoms with Crippen molar-refractivity contribution in [3.8, 4) is 0 Å². The Balaban J connectivity index is 1.40. The number of carbonyl (C=O) groups excluding carboxylic acids is 2. The van der Waals surface area contributed by atoms with Gasteiger partial charge < -0.3 is 10.2 Å². The molecule has 0 radical (unpaired) electrons. The fourth-order valence-electron chi connectivity index (χ4n) is 4.37. The number of rotatable bonds is 6. The summed E-state index contributed by atoms with van der Waals surface area (Å²) in [7, 11) is 0. The maximum atomic E-state index is 13.0. The molecule has 0 aliphatic carbocycles. The molecule has 2 aromatic rings. The van der Waals surface area contributed by atoms with E-state index in [1.165, 1.54) is 29.1 Å². The fourth-order valence-corrected chi connectivity index (χ4v) is 5.91. The van der Waals surface area contributed by atoms with Crippen LogP contribution >= 0.6 is 22.7 Å². The molecule has 7 heteroatoms. The van der Waals surface area contributed by atoms with Crippen molar-refractivity contribution in [2.75, 3.05) is 26.2 Å². The van der Waals surface area contributed by atoms with Gasteiger partial charge in [0.05, 0.1) is 10.9 Å². The van der Waals surface area contributed by atoms with E-state index in [2.05, 4.69) is 34.7 Å². The highest BCUT2D eigenvalue weighted by molar-refractivity contribution is 7.12. The van der Waals surface area contributed by atoms with E-state index in [4.69, 9.17) is 0 Å². The van der Waals surface area contributed by atoms with Crippen molar-refractivity contribution in [1.82, 2.24) is 15.1 Å². The molecule has 0 spiro atoms. The largest absolute Gasteiger partial charge is 0.352 e. The Labute approximate surface area is 180 Å². The number of likely N-dealkylation sites (tertiary alicyclic amines) is 2. The predicted octanol–water partition coefficient (Wildman–Crippen LogP) is 4.00. The van der Waals surface area contributed by atoms with E-state index in [0.29, 0.717) is 18.0 Å². The first-order chi connectivity index (χ1) is 14.1. The summed E-state index contributed by atoms with van der Waals surface area (Å²) in [6.07, 6.45) is 4.05. The second kappa shape index (κ2) is 9.41. The molecule has 2 aromatic heterocycles. The summed E-state index contributed by atoms with van der Waals surface area (Å²) in [5, 5.41) is 7.20. The van der Waals surface area contributed by atoms with Crippen LogP contribution in [0, 0.1) is 5.92 Å². The molecule has 2 unspecified atom stereocenters. The van der Waals surface area contributed by atoms with Gasteiger partial charge in [0.2, 0.25) is 5.91 Å². The monoisotopic (exact) mass is 431 g/mol. The van der Waals surface area contributed by atoms with Gasteiger partial charge in [0.15, 0.2) is 0 Å². The molecule has 2 amide bonds. The quantitative estimate of drug-likeness (QED) is 0.752. The molecule has 2 aliphatic heterocycles. The zero-order valence-electron chi connectivity index (χ0n) is 16.9. The van der Waals surface area contributed by atoms with Crippen LogP contribution in [-0.4, -0.2) is 53.8 Å². The predicted molar refractivity (Wildman–Crippen MR) is 118 cm³/mol. The van der Waals surface area contributed by atoms with Gasteiger partial charge in [-0.1, -0.05) is 19.1 Å². The van der Waals surface area contributed by atoms with E-state index >= 15 is 0 Å². The minimum absolute atomic E-state index is 0.0145. The van der Waals surface area contributed by atoms with Crippen LogP contribution in [0.2, 0.25) is 0 Å². The molecule has 0 aromatic carbocycles. The topological polar surface area (TPSA) is 52.7 Å². The lowest BCUT2D eigenvalue weighted by Crippen LogP contribution is -2.48. The number of hydrogen-bond donors (Lipinski definition) is 1. The van der Waals surface area contributed by atoms with Crippen LogP contribution in [-0.2, 0) is 4.79 Å². The van der Waals surface area contributed by atoms with Crippen molar-refractivity contribution < 1.29 is 9.59 Å². The molecular weight excluding hydrogens is 402 g/mol. The summed E-state index contributed by atoms with van der Waals surface area (Å²) >= 11 is 3.20. The SMILES string of the molecule is CC1CCN(C(CNC(=O)C2CCCN2C(=O)c2cccs2)c2cccs2)CC1. The Bertz CT molecular complexity index is 798. The summed E-state index contributed by atoms with van der Waals surface area (Å²) in [6.45, 7) is 5.73. The van der Waals surface area contributed by atoms with E-state index in [-0.39, 0.29) is 23.9 Å². The highest BCUT2D eigenvalue weighted by atomic mass is 32.1. The van der Waals surface area contributed by atoms with Gasteiger partial charge in [-0.15, -0.1) is 22.7 Å². The summed E-state index contributed by atoms with van der Waals surface area (Å²) < 4.78 is 0. The van der Waals surface area contributed by atoms with E-state index < -0.39 is 0 Å². The third-order valence-electron chi connectivity index (χ3n) is 6.15. The Morgan fingerprint density at radius 1 is 1.10 bits per heavy atom. The lowest BCUT2D eigenvalue weighted by atomic mass is 9.97. The number of thiophene rings is 2. The molecule has 156 valence electrons. The average molecular weight is 432 g/mol. The average Bonchev–Trinajstić information content (AvgIpc) is 3.51. The second-order valence-electron chi connectivity index (χ2n) is 8.13. The fraction of sp³-hybridized carbons (Fsp3) is 0.545. The summed E-state index contributed by atoms with van der Waals surface area (Å²) in [6, 6.07) is 7.84. The van der Waals surface area contributed by atoms with Gasteiger partial charge in [0.25, 0.3) is 5.91 Å². The molecule has 5 nitrogen and oxygen atoms in total. The third-order valence-corrected chi connectivity index (χ3v) is 7.98. The van der Waals surface area contributed by atoms with Gasteiger partial charge in [-0.3, -0.25) is 14.5 Å². The minimum Gasteiger partial charge on any atom is -0.352 e. The second-order valence-corrected chi connectivity index (χ2v) is 10.1. The van der Waals surface area contributed by atoms with Crippen molar-refractivity contribution in [2.24, 2.45) is 5.92 Å². The van der Waals surface area contributed by atoms with E-state index in [9.17, 15) is 9.59 Å². The highest BCUT2D eigenvalue weighted by Gasteiger charge is 2.35. The number of carbonyl (C=O) groups is 2. The summed E-state index contributed by atoms with van der Waals surface area (Å²) in [5.41, 5.74) is 0. The molecule has 4 heterocycles. The number of nitrogens with one attached hydrogen (secondary N) is 1. The highest BCUT2D eigenvalue weighted by Crippen LogP contribution is 2.29. The van der Waals surface area contributed by atoms with Crippen LogP contribution in [0.15, 0.2) is 35.0 Å². The van der Waals surface area contributed by atoms with Crippen molar-refractivity contribution in [2.45, 2.75) is 44.7 Å². The normalized spacial score (nSPS) is 22.0. The van der Waals surface area contributed by atoms with Gasteiger partial charge in [-0.05, 0) is 67.6 Å². The number of nitrogens with zero attached hydrogens (tertiary/aromatic N) is 2. The first-order valence-corrected chi connectivity index (χ1v) is 12.3. The molecule has 1 N–H and O–H groups in total. The lowest BCUT2D eigenvalue weighted by molar-refractivity contribution is -0.125. The zero-order valence-corrected chi connectivity index (χ0v) is 18.5. The molecule has 2 aliphatic rings. The van der Waals surface area contributed by atoms with Crippen molar-refractivity contribution in [3.63, 3.8) is 0 Å². The standard InChI is InChI=1S/C22H29N3O2S2/c1-16-8-11-24(12-9-16)18(19-6-3-13-28-19)15-23-21(26)17-5-2-10-25(17)22(27)20-7-4-14-29-20/h3-4,6-7,13-14,16-18H,2,5,8-12,15H2,1H3,(H,23,26). The van der Waals surface area contributed by atoms with E-state index in [0.717, 1.165) is 31.8 Å². The van der Waals surface area contributed by atoms with Crippen molar-refractivity contribution >= 4 is 34.5 Å². The lowest BCUT2D eigenvalue weighted by Gasteiger charge is -2.36. The zero-order chi connectivity index (χ0) is 20.2. The van der Waals surface area contributed by atoms with E-state index in [1.54, 1.807) is 16.2 Å². The molecular formula is C22H29N3O2S2. The Morgan fingerprint density at radius 2 is 1.86 bits per heavy atom. The van der Waals surface area contributed by atoms with Crippen molar-refractivity contribution in [1.29, 1.82) is 0 Å². The molecule has 2 fully saturated rings. The summed E-state index contributed by atoms with van der Waals surface area (Å²) in [5.74, 6) is 0.747. The van der Waals surface area contributed by atoms with Crippen LogP contribution in [0.4, 0.5) is 0 Å². The van der Waals surface area contributed by atoms with Gasteiger partial charge >= 0.3 is 0 Å². The first-order valence-electron chi connectivity index (χ1n) is 10.5. The van der Waals surface area contributed by atoms with Crippen molar-refractivity contribution in [3.05, 3.63) is 44.8 Å². The number of amides is 2. The molecule has 2 saturated heterocycles. The Hall–Kier alpha value is -1.70. The third kappa shape index (κ3) is 4.73. The molecule has 4 rings (SSSR count). The van der Waals surface area contributed by atoms with E-state index in [1.807, 2.05) is 17.5 Å². The van der Waals surface area contributed by atoms with Gasteiger partial charge in [-0.25, -0.2) is 0 Å². The first kappa shape index (κ1) is 20.6. The molecule has 0 bridgehead atoms. The molecule has 29 heavy (non-hydrogen) atoms. The molecule has 2 atom stereocenters. The van der Waals surface area contributed by atoms with Crippen LogP contribution in [0.25, 0.3) is 0 Å². The van der Waals surface area contributed by atoms with Crippen LogP contribution in [0.1, 0.15) is 53.2 Å². The number of hydrogen-bond acceptors (Lipinski definition) is 5. The van der Waals surface area contributed by atoms with Gasteiger partial charge in [0, 0.05) is 18.0 Å². The van der Waals surface area contributed by atoms with Crippen LogP contribution in [0.5, 0.6) is 0 Å². The smallest absolute Gasteiger partial charge is 0.264 e. The van der Waals surface area contributed by atoms with Crippen LogP contribution in [0.3, 0.4) is 0 Å².